The van der Waals surface area contributed by atoms with Crippen LogP contribution in [-0.4, -0.2) is 29.2 Å². The van der Waals surface area contributed by atoms with Crippen LogP contribution in [0.5, 0.6) is 0 Å². The predicted molar refractivity (Wildman–Crippen MR) is 54.9 cm³/mol. The van der Waals surface area contributed by atoms with Crippen LogP contribution in [0.2, 0.25) is 0 Å². The molecule has 1 rings (SSSR count). The topological polar surface area (TPSA) is 37.4 Å². The van der Waals surface area contributed by atoms with E-state index >= 15 is 0 Å². The zero-order valence-electron chi connectivity index (χ0n) is 9.08. The first-order valence-electron chi connectivity index (χ1n) is 5.52. The van der Waals surface area contributed by atoms with Gasteiger partial charge in [-0.25, -0.2) is 0 Å². The van der Waals surface area contributed by atoms with Crippen LogP contribution in [0, 0.1) is 0 Å². The van der Waals surface area contributed by atoms with Crippen molar-refractivity contribution >= 4 is 11.7 Å². The molecular weight excluding hydrogens is 178 g/mol. The van der Waals surface area contributed by atoms with Crippen LogP contribution >= 0.6 is 0 Å². The Hall–Kier alpha value is -0.860. The lowest BCUT2D eigenvalue weighted by atomic mass is 10.1. The Kier molecular flexibility index (Phi) is 4.11. The van der Waals surface area contributed by atoms with Crippen molar-refractivity contribution < 1.29 is 9.59 Å². The van der Waals surface area contributed by atoms with Gasteiger partial charge in [-0.1, -0.05) is 13.8 Å². The number of carbonyl (C=O) groups excluding carboxylic acids is 2. The number of likely N-dealkylation sites (tertiary alicyclic amines) is 1. The quantitative estimate of drug-likeness (QED) is 0.688. The van der Waals surface area contributed by atoms with Crippen LogP contribution in [0.3, 0.4) is 0 Å². The third-order valence-corrected chi connectivity index (χ3v) is 2.76. The molecule has 1 saturated heterocycles. The second-order valence-corrected chi connectivity index (χ2v) is 3.82. The highest BCUT2D eigenvalue weighted by atomic mass is 16.2. The van der Waals surface area contributed by atoms with E-state index in [1.54, 1.807) is 4.90 Å². The van der Waals surface area contributed by atoms with E-state index in [4.69, 9.17) is 0 Å². The Bertz CT molecular complexity index is 225. The lowest BCUT2D eigenvalue weighted by Gasteiger charge is -2.23. The fraction of sp³-hybridized carbons (Fsp3) is 0.818. The zero-order chi connectivity index (χ0) is 10.6. The molecule has 14 heavy (non-hydrogen) atoms. The molecule has 0 aromatic carbocycles. The number of hydrogen-bond acceptors (Lipinski definition) is 2. The Labute approximate surface area is 85.5 Å². The number of amides is 1. The predicted octanol–water partition coefficient (Wildman–Crippen LogP) is 1.76. The van der Waals surface area contributed by atoms with Crippen LogP contribution in [0.15, 0.2) is 0 Å². The maximum atomic E-state index is 11.6. The molecule has 0 radical (unpaired) electrons. The SMILES string of the molecule is CCCC(=O)N1CCCC1C(=O)CC. The van der Waals surface area contributed by atoms with E-state index in [0.29, 0.717) is 12.8 Å². The normalized spacial score (nSPS) is 21.3. The molecular formula is C11H19NO2. The molecule has 3 nitrogen and oxygen atoms in total. The third-order valence-electron chi connectivity index (χ3n) is 2.76. The second kappa shape index (κ2) is 5.13. The van der Waals surface area contributed by atoms with E-state index in [1.807, 2.05) is 13.8 Å². The van der Waals surface area contributed by atoms with E-state index in [1.165, 1.54) is 0 Å². The van der Waals surface area contributed by atoms with Crippen molar-refractivity contribution in [2.75, 3.05) is 6.54 Å². The monoisotopic (exact) mass is 197 g/mol. The first-order valence-corrected chi connectivity index (χ1v) is 5.52. The molecule has 3 heteroatoms. The van der Waals surface area contributed by atoms with Crippen molar-refractivity contribution in [3.8, 4) is 0 Å². The lowest BCUT2D eigenvalue weighted by molar-refractivity contribution is -0.137. The minimum Gasteiger partial charge on any atom is -0.333 e. The average Bonchev–Trinajstić information content (AvgIpc) is 2.65. The molecule has 0 aromatic rings. The van der Waals surface area contributed by atoms with Gasteiger partial charge in [0.1, 0.15) is 0 Å². The van der Waals surface area contributed by atoms with E-state index in [0.717, 1.165) is 25.8 Å². The van der Waals surface area contributed by atoms with E-state index < -0.39 is 0 Å². The van der Waals surface area contributed by atoms with Gasteiger partial charge >= 0.3 is 0 Å². The van der Waals surface area contributed by atoms with Gasteiger partial charge < -0.3 is 4.90 Å². The lowest BCUT2D eigenvalue weighted by Crippen LogP contribution is -2.40. The summed E-state index contributed by atoms with van der Waals surface area (Å²) in [7, 11) is 0. The number of hydrogen-bond donors (Lipinski definition) is 0. The molecule has 1 unspecified atom stereocenters. The van der Waals surface area contributed by atoms with Gasteiger partial charge in [0.2, 0.25) is 5.91 Å². The van der Waals surface area contributed by atoms with Gasteiger partial charge in [-0.05, 0) is 19.3 Å². The van der Waals surface area contributed by atoms with Gasteiger partial charge in [0.05, 0.1) is 6.04 Å². The molecule has 80 valence electrons. The largest absolute Gasteiger partial charge is 0.333 e. The van der Waals surface area contributed by atoms with E-state index in [9.17, 15) is 9.59 Å². The Morgan fingerprint density at radius 1 is 1.36 bits per heavy atom. The van der Waals surface area contributed by atoms with E-state index in [2.05, 4.69) is 0 Å². The first kappa shape index (κ1) is 11.2. The van der Waals surface area contributed by atoms with Gasteiger partial charge in [-0.15, -0.1) is 0 Å². The molecule has 0 bridgehead atoms. The number of nitrogens with zero attached hydrogens (tertiary/aromatic N) is 1. The summed E-state index contributed by atoms with van der Waals surface area (Å²) in [6.45, 7) is 4.63. The van der Waals surface area contributed by atoms with Gasteiger partial charge in [0.15, 0.2) is 5.78 Å². The highest BCUT2D eigenvalue weighted by molar-refractivity contribution is 5.89. The fourth-order valence-corrected chi connectivity index (χ4v) is 1.99. The van der Waals surface area contributed by atoms with Crippen molar-refractivity contribution in [3.63, 3.8) is 0 Å². The molecule has 0 saturated carbocycles. The zero-order valence-corrected chi connectivity index (χ0v) is 9.08. The summed E-state index contributed by atoms with van der Waals surface area (Å²) in [4.78, 5) is 25.0. The van der Waals surface area contributed by atoms with Crippen LogP contribution in [-0.2, 0) is 9.59 Å². The Morgan fingerprint density at radius 3 is 2.64 bits per heavy atom. The summed E-state index contributed by atoms with van der Waals surface area (Å²) < 4.78 is 0. The summed E-state index contributed by atoms with van der Waals surface area (Å²) in [5.74, 6) is 0.365. The number of carbonyl (C=O) groups is 2. The van der Waals surface area contributed by atoms with Gasteiger partial charge in [-0.3, -0.25) is 9.59 Å². The summed E-state index contributed by atoms with van der Waals surface area (Å²) in [6, 6.07) is -0.112. The molecule has 1 aliphatic heterocycles. The van der Waals surface area contributed by atoms with Crippen molar-refractivity contribution in [1.29, 1.82) is 0 Å². The van der Waals surface area contributed by atoms with Crippen molar-refractivity contribution in [2.24, 2.45) is 0 Å². The number of rotatable bonds is 4. The maximum absolute atomic E-state index is 11.6. The molecule has 0 aromatic heterocycles. The van der Waals surface area contributed by atoms with Crippen molar-refractivity contribution in [2.45, 2.75) is 52.0 Å². The molecule has 1 fully saturated rings. The Morgan fingerprint density at radius 2 is 2.07 bits per heavy atom. The van der Waals surface area contributed by atoms with Crippen LogP contribution in [0.25, 0.3) is 0 Å². The first-order chi connectivity index (χ1) is 6.70. The number of Topliss-reactive ketones (excluding diaryl/α,β-unsaturated/α-hetero) is 1. The summed E-state index contributed by atoms with van der Waals surface area (Å²) in [5, 5.41) is 0. The molecule has 1 heterocycles. The molecule has 0 spiro atoms. The van der Waals surface area contributed by atoms with Crippen molar-refractivity contribution in [1.82, 2.24) is 4.90 Å². The van der Waals surface area contributed by atoms with Crippen LogP contribution in [0.4, 0.5) is 0 Å². The molecule has 0 N–H and O–H groups in total. The van der Waals surface area contributed by atoms with Crippen molar-refractivity contribution in [3.05, 3.63) is 0 Å². The second-order valence-electron chi connectivity index (χ2n) is 3.82. The van der Waals surface area contributed by atoms with Crippen LogP contribution < -0.4 is 0 Å². The minimum absolute atomic E-state index is 0.112. The summed E-state index contributed by atoms with van der Waals surface area (Å²) >= 11 is 0. The molecule has 1 aliphatic rings. The number of ketones is 1. The molecule has 1 atom stereocenters. The summed E-state index contributed by atoms with van der Waals surface area (Å²) in [6.07, 6.45) is 3.82. The van der Waals surface area contributed by atoms with Crippen LogP contribution in [0.1, 0.15) is 46.0 Å². The van der Waals surface area contributed by atoms with Gasteiger partial charge in [0.25, 0.3) is 0 Å². The molecule has 0 aliphatic carbocycles. The summed E-state index contributed by atoms with van der Waals surface area (Å²) in [5.41, 5.74) is 0. The highest BCUT2D eigenvalue weighted by Gasteiger charge is 2.31. The van der Waals surface area contributed by atoms with E-state index in [-0.39, 0.29) is 17.7 Å². The average molecular weight is 197 g/mol. The smallest absolute Gasteiger partial charge is 0.223 e. The highest BCUT2D eigenvalue weighted by Crippen LogP contribution is 2.20. The van der Waals surface area contributed by atoms with Gasteiger partial charge in [-0.2, -0.15) is 0 Å². The minimum atomic E-state index is -0.112. The molecule has 1 amide bonds. The van der Waals surface area contributed by atoms with Gasteiger partial charge in [0, 0.05) is 19.4 Å². The maximum Gasteiger partial charge on any atom is 0.223 e. The standard InChI is InChI=1S/C11H19NO2/c1-3-6-11(14)12-8-5-7-9(12)10(13)4-2/h9H,3-8H2,1-2H3. The Balaban J connectivity index is 2.59. The fourth-order valence-electron chi connectivity index (χ4n) is 1.99. The third kappa shape index (κ3) is 2.34.